The summed E-state index contributed by atoms with van der Waals surface area (Å²) in [7, 11) is 1.58. The number of aliphatic hydroxyl groups is 1. The molecule has 0 bridgehead atoms. The number of methoxy groups -OCH3 is 1. The summed E-state index contributed by atoms with van der Waals surface area (Å²) in [6.07, 6.45) is 0.867. The highest BCUT2D eigenvalue weighted by atomic mass is 16.7. The topological polar surface area (TPSA) is 112 Å². The Balaban J connectivity index is 1.62. The molecule has 0 aliphatic carbocycles. The number of nitrogens with one attached hydrogen (secondary N) is 1. The third-order valence-corrected chi connectivity index (χ3v) is 5.85. The van der Waals surface area contributed by atoms with Crippen LogP contribution in [-0.4, -0.2) is 46.0 Å². The second-order valence-electron chi connectivity index (χ2n) is 8.12. The van der Waals surface area contributed by atoms with Crippen molar-refractivity contribution in [2.75, 3.05) is 13.7 Å². The van der Waals surface area contributed by atoms with Gasteiger partial charge in [0.1, 0.15) is 12.4 Å². The number of Topliss-reactive ketones (excluding diaryl/α,β-unsaturated/α-hetero) is 1. The van der Waals surface area contributed by atoms with Crippen LogP contribution in [0.3, 0.4) is 0 Å². The summed E-state index contributed by atoms with van der Waals surface area (Å²) >= 11 is 0. The minimum atomic E-state index is -0.724. The lowest BCUT2D eigenvalue weighted by atomic mass is 9.97. The van der Waals surface area contributed by atoms with Gasteiger partial charge in [-0.1, -0.05) is 24.3 Å². The molecule has 174 valence electrons. The van der Waals surface area contributed by atoms with E-state index in [0.717, 1.165) is 27.8 Å². The first-order valence-corrected chi connectivity index (χ1v) is 10.9. The van der Waals surface area contributed by atoms with Gasteiger partial charge in [-0.25, -0.2) is 9.36 Å². The number of ether oxygens (including phenoxy) is 1. The Morgan fingerprint density at radius 2 is 1.91 bits per heavy atom. The summed E-state index contributed by atoms with van der Waals surface area (Å²) in [6.45, 7) is 0.411. The van der Waals surface area contributed by atoms with Crippen molar-refractivity contribution in [1.82, 2.24) is 14.6 Å². The van der Waals surface area contributed by atoms with Gasteiger partial charge in [-0.15, -0.1) is 4.73 Å². The van der Waals surface area contributed by atoms with E-state index >= 15 is 0 Å². The van der Waals surface area contributed by atoms with Gasteiger partial charge in [-0.05, 0) is 49.2 Å². The zero-order valence-corrected chi connectivity index (χ0v) is 18.4. The number of aromatic nitrogens is 2. The lowest BCUT2D eigenvalue weighted by Crippen LogP contribution is -2.48. The van der Waals surface area contributed by atoms with Crippen LogP contribution in [-0.2, 0) is 17.9 Å². The van der Waals surface area contributed by atoms with Crippen molar-refractivity contribution in [3.05, 3.63) is 74.9 Å². The summed E-state index contributed by atoms with van der Waals surface area (Å²) in [5.74, 6) is 0.385. The maximum Gasteiger partial charge on any atom is 0.364 e. The van der Waals surface area contributed by atoms with E-state index in [0.29, 0.717) is 17.7 Å². The number of carbonyl (C=O) groups excluding carboxylic acids is 1. The molecule has 1 aliphatic rings. The van der Waals surface area contributed by atoms with Crippen LogP contribution in [0.5, 0.6) is 5.75 Å². The number of nitrogens with zero attached hydrogens (tertiary/aromatic N) is 2. The van der Waals surface area contributed by atoms with Crippen LogP contribution in [0.2, 0.25) is 0 Å². The van der Waals surface area contributed by atoms with E-state index in [1.54, 1.807) is 43.5 Å². The van der Waals surface area contributed by atoms with Crippen LogP contribution in [0, 0.1) is 0 Å². The van der Waals surface area contributed by atoms with Gasteiger partial charge in [-0.3, -0.25) is 9.59 Å². The SMILES string of the molecule is COc1ccc(COn2c(=O)n(CC(=O)C[C@H]3NCCC[C@@H]3O)c(=O)c3ccccc32)cc1. The summed E-state index contributed by atoms with van der Waals surface area (Å²) in [6, 6.07) is 13.4. The van der Waals surface area contributed by atoms with Crippen molar-refractivity contribution >= 4 is 16.7 Å². The number of hydrogen-bond donors (Lipinski definition) is 2. The Morgan fingerprint density at radius 1 is 1.15 bits per heavy atom. The first-order chi connectivity index (χ1) is 16.0. The molecule has 0 spiro atoms. The molecular formula is C24H27N3O6. The third kappa shape index (κ3) is 4.99. The first-order valence-electron chi connectivity index (χ1n) is 10.9. The highest BCUT2D eigenvalue weighted by molar-refractivity contribution is 5.80. The molecule has 0 amide bonds. The van der Waals surface area contributed by atoms with Crippen molar-refractivity contribution in [2.45, 2.75) is 44.6 Å². The number of piperidine rings is 1. The molecule has 2 atom stereocenters. The van der Waals surface area contributed by atoms with Crippen LogP contribution in [0.15, 0.2) is 58.1 Å². The van der Waals surface area contributed by atoms with Crippen LogP contribution < -0.4 is 26.1 Å². The molecule has 3 aromatic rings. The second kappa shape index (κ2) is 10.0. The fraction of sp³-hybridized carbons (Fsp3) is 0.375. The zero-order chi connectivity index (χ0) is 23.4. The molecule has 2 N–H and O–H groups in total. The number of benzene rings is 2. The molecule has 1 aromatic heterocycles. The molecule has 1 fully saturated rings. The van der Waals surface area contributed by atoms with Gasteiger partial charge in [0.05, 0.1) is 30.7 Å². The van der Waals surface area contributed by atoms with E-state index in [-0.39, 0.29) is 36.8 Å². The number of hydrogen-bond acceptors (Lipinski definition) is 7. The maximum atomic E-state index is 13.2. The standard InChI is InChI=1S/C24H27N3O6/c1-32-18-10-8-16(9-11-18)15-33-27-21-6-3-2-5-19(21)23(30)26(24(27)31)14-17(28)13-20-22(29)7-4-12-25-20/h2-3,5-6,8-11,20,22,25,29H,4,7,12-15H2,1H3/t20-,22+/m1/s1. The minimum Gasteiger partial charge on any atom is -0.497 e. The molecule has 0 unspecified atom stereocenters. The molecule has 1 aliphatic heterocycles. The Labute approximate surface area is 190 Å². The van der Waals surface area contributed by atoms with Gasteiger partial charge >= 0.3 is 5.69 Å². The largest absolute Gasteiger partial charge is 0.497 e. The van der Waals surface area contributed by atoms with Crippen LogP contribution in [0.1, 0.15) is 24.8 Å². The summed E-state index contributed by atoms with van der Waals surface area (Å²) < 4.78 is 7.10. The number of para-hydroxylation sites is 1. The van der Waals surface area contributed by atoms with Gasteiger partial charge in [0.25, 0.3) is 5.56 Å². The Bertz CT molecular complexity index is 1250. The molecule has 2 aromatic carbocycles. The fourth-order valence-corrected chi connectivity index (χ4v) is 4.03. The molecule has 9 nitrogen and oxygen atoms in total. The van der Waals surface area contributed by atoms with Gasteiger partial charge in [-0.2, -0.15) is 0 Å². The van der Waals surface area contributed by atoms with Crippen molar-refractivity contribution in [3.8, 4) is 5.75 Å². The van der Waals surface area contributed by atoms with Gasteiger partial charge in [0.15, 0.2) is 5.78 Å². The van der Waals surface area contributed by atoms with Crippen molar-refractivity contribution in [3.63, 3.8) is 0 Å². The molecule has 0 saturated carbocycles. The summed E-state index contributed by atoms with van der Waals surface area (Å²) in [5, 5.41) is 13.5. The number of fused-ring (bicyclic) bond motifs is 1. The quantitative estimate of drug-likeness (QED) is 0.521. The smallest absolute Gasteiger partial charge is 0.364 e. The summed E-state index contributed by atoms with van der Waals surface area (Å²) in [5.41, 5.74) is -0.143. The number of ketones is 1. The molecule has 2 heterocycles. The fourth-order valence-electron chi connectivity index (χ4n) is 4.03. The van der Waals surface area contributed by atoms with Crippen molar-refractivity contribution < 1.29 is 19.5 Å². The average Bonchev–Trinajstić information content (AvgIpc) is 2.83. The zero-order valence-electron chi connectivity index (χ0n) is 18.4. The lowest BCUT2D eigenvalue weighted by molar-refractivity contribution is -0.121. The molecule has 9 heteroatoms. The van der Waals surface area contributed by atoms with Crippen LogP contribution >= 0.6 is 0 Å². The van der Waals surface area contributed by atoms with Crippen molar-refractivity contribution in [2.24, 2.45) is 0 Å². The molecule has 4 rings (SSSR count). The molecule has 0 radical (unpaired) electrons. The molecule has 33 heavy (non-hydrogen) atoms. The predicted octanol–water partition coefficient (Wildman–Crippen LogP) is 0.873. The van der Waals surface area contributed by atoms with Gasteiger partial charge in [0, 0.05) is 12.5 Å². The van der Waals surface area contributed by atoms with E-state index in [1.807, 2.05) is 12.1 Å². The monoisotopic (exact) mass is 453 g/mol. The molecule has 1 saturated heterocycles. The third-order valence-electron chi connectivity index (χ3n) is 5.85. The van der Waals surface area contributed by atoms with E-state index in [2.05, 4.69) is 5.32 Å². The lowest BCUT2D eigenvalue weighted by Gasteiger charge is -2.28. The highest BCUT2D eigenvalue weighted by Crippen LogP contribution is 2.13. The van der Waals surface area contributed by atoms with Crippen molar-refractivity contribution in [1.29, 1.82) is 0 Å². The van der Waals surface area contributed by atoms with Gasteiger partial charge in [0.2, 0.25) is 0 Å². The minimum absolute atomic E-state index is 0.0343. The number of carbonyl (C=O) groups is 1. The van der Waals surface area contributed by atoms with Gasteiger partial charge < -0.3 is 20.0 Å². The Hall–Kier alpha value is -3.43. The normalized spacial score (nSPS) is 18.2. The molecular weight excluding hydrogens is 426 g/mol. The predicted molar refractivity (Wildman–Crippen MR) is 122 cm³/mol. The second-order valence-corrected chi connectivity index (χ2v) is 8.12. The van der Waals surface area contributed by atoms with Crippen LogP contribution in [0.25, 0.3) is 10.9 Å². The number of rotatable bonds is 8. The average molecular weight is 453 g/mol. The number of aliphatic hydroxyl groups excluding tert-OH is 1. The van der Waals surface area contributed by atoms with E-state index in [4.69, 9.17) is 9.57 Å². The van der Waals surface area contributed by atoms with E-state index < -0.39 is 17.4 Å². The van der Waals surface area contributed by atoms with E-state index in [9.17, 15) is 19.5 Å². The summed E-state index contributed by atoms with van der Waals surface area (Å²) in [4.78, 5) is 44.7. The van der Waals surface area contributed by atoms with E-state index in [1.165, 1.54) is 0 Å². The maximum absolute atomic E-state index is 13.2. The highest BCUT2D eigenvalue weighted by Gasteiger charge is 2.26. The first kappa shape index (κ1) is 22.8. The Kier molecular flexibility index (Phi) is 6.90. The van der Waals surface area contributed by atoms with Crippen LogP contribution in [0.4, 0.5) is 0 Å². The Morgan fingerprint density at radius 3 is 2.64 bits per heavy atom.